The van der Waals surface area contributed by atoms with Crippen LogP contribution in [0.25, 0.3) is 10.9 Å². The second-order valence-corrected chi connectivity index (χ2v) is 8.68. The van der Waals surface area contributed by atoms with E-state index < -0.39 is 0 Å². The number of hydrogen-bond donors (Lipinski definition) is 1. The highest BCUT2D eigenvalue weighted by Gasteiger charge is 2.22. The lowest BCUT2D eigenvalue weighted by Crippen LogP contribution is -2.40. The van der Waals surface area contributed by atoms with Gasteiger partial charge in [-0.3, -0.25) is 14.3 Å². The first-order chi connectivity index (χ1) is 13.3. The summed E-state index contributed by atoms with van der Waals surface area (Å²) in [6.07, 6.45) is 0.889. The molecule has 1 heterocycles. The quantitative estimate of drug-likeness (QED) is 0.477. The van der Waals surface area contributed by atoms with Gasteiger partial charge in [0.1, 0.15) is 0 Å². The van der Waals surface area contributed by atoms with E-state index in [0.29, 0.717) is 24.5 Å². The number of aromatic nitrogens is 2. The van der Waals surface area contributed by atoms with Crippen molar-refractivity contribution in [1.82, 2.24) is 14.5 Å². The molecule has 0 unspecified atom stereocenters. The molecule has 2 aromatic rings. The zero-order chi connectivity index (χ0) is 20.7. The van der Waals surface area contributed by atoms with Gasteiger partial charge in [-0.15, -0.1) is 0 Å². The minimum Gasteiger partial charge on any atom is -0.383 e. The molecule has 0 radical (unpaired) electrons. The lowest BCUT2D eigenvalue weighted by atomic mass is 10.0. The van der Waals surface area contributed by atoms with E-state index in [9.17, 15) is 4.79 Å². The van der Waals surface area contributed by atoms with Crippen molar-refractivity contribution in [2.75, 3.05) is 52.4 Å². The predicted molar refractivity (Wildman–Crippen MR) is 122 cm³/mol. The van der Waals surface area contributed by atoms with E-state index in [1.165, 1.54) is 0 Å². The Morgan fingerprint density at radius 3 is 2.43 bits per heavy atom. The third kappa shape index (κ3) is 6.13. The number of nitrogens with one attached hydrogen (secondary N) is 1. The van der Waals surface area contributed by atoms with Gasteiger partial charge in [-0.05, 0) is 55.0 Å². The summed E-state index contributed by atoms with van der Waals surface area (Å²) in [4.78, 5) is 19.8. The molecule has 0 bridgehead atoms. The first-order valence-corrected chi connectivity index (χ1v) is 10.5. The maximum atomic E-state index is 12.7. The van der Waals surface area contributed by atoms with Crippen molar-refractivity contribution in [3.05, 3.63) is 32.1 Å². The lowest BCUT2D eigenvalue weighted by molar-refractivity contribution is 0.110. The number of fused-ring (bicyclic) bond motifs is 1. The van der Waals surface area contributed by atoms with Gasteiger partial charge in [-0.25, -0.2) is 4.98 Å². The van der Waals surface area contributed by atoms with Crippen LogP contribution >= 0.6 is 22.6 Å². The van der Waals surface area contributed by atoms with E-state index >= 15 is 0 Å². The van der Waals surface area contributed by atoms with E-state index in [1.54, 1.807) is 25.8 Å². The second-order valence-electron chi connectivity index (χ2n) is 7.52. The van der Waals surface area contributed by atoms with Gasteiger partial charge in [0.05, 0.1) is 24.1 Å². The van der Waals surface area contributed by atoms with Crippen LogP contribution < -0.4 is 10.9 Å². The van der Waals surface area contributed by atoms with Gasteiger partial charge in [-0.2, -0.15) is 0 Å². The molecule has 0 aliphatic rings. The molecule has 0 aliphatic heterocycles. The van der Waals surface area contributed by atoms with Crippen LogP contribution in [0.2, 0.25) is 0 Å². The molecule has 7 nitrogen and oxygen atoms in total. The van der Waals surface area contributed by atoms with Crippen molar-refractivity contribution < 1.29 is 9.47 Å². The fourth-order valence-electron chi connectivity index (χ4n) is 2.95. The molecule has 0 aliphatic carbocycles. The summed E-state index contributed by atoms with van der Waals surface area (Å²) >= 11 is 2.22. The average molecular weight is 502 g/mol. The molecule has 0 saturated heterocycles. The number of ether oxygens (including phenoxy) is 2. The smallest absolute Gasteiger partial charge is 0.262 e. The first-order valence-electron chi connectivity index (χ1n) is 9.42. The van der Waals surface area contributed by atoms with Crippen LogP contribution in [0.5, 0.6) is 0 Å². The number of halogens is 1. The van der Waals surface area contributed by atoms with Gasteiger partial charge in [0, 0.05) is 50.0 Å². The monoisotopic (exact) mass is 502 g/mol. The largest absolute Gasteiger partial charge is 0.383 e. The Balaban J connectivity index is 2.15. The molecular weight excluding hydrogens is 471 g/mol. The summed E-state index contributed by atoms with van der Waals surface area (Å²) in [5.41, 5.74) is 0.471. The number of para-hydroxylation sites is 1. The Morgan fingerprint density at radius 1 is 1.18 bits per heavy atom. The fourth-order valence-corrected chi connectivity index (χ4v) is 3.57. The summed E-state index contributed by atoms with van der Waals surface area (Å²) in [5, 5.41) is 4.12. The second kappa shape index (κ2) is 10.5. The molecule has 28 heavy (non-hydrogen) atoms. The summed E-state index contributed by atoms with van der Waals surface area (Å²) in [5.74, 6) is 0.590. The van der Waals surface area contributed by atoms with E-state index in [0.717, 1.165) is 35.1 Å². The molecule has 156 valence electrons. The van der Waals surface area contributed by atoms with Gasteiger partial charge in [0.2, 0.25) is 5.95 Å². The Labute approximate surface area is 180 Å². The number of rotatable bonds is 11. The van der Waals surface area contributed by atoms with E-state index in [1.807, 2.05) is 18.2 Å². The number of nitrogens with zero attached hydrogens (tertiary/aromatic N) is 3. The normalized spacial score (nSPS) is 12.1. The molecule has 0 spiro atoms. The van der Waals surface area contributed by atoms with Crippen molar-refractivity contribution in [2.24, 2.45) is 7.05 Å². The third-order valence-corrected chi connectivity index (χ3v) is 5.65. The summed E-state index contributed by atoms with van der Waals surface area (Å²) in [6.45, 7) is 8.26. The van der Waals surface area contributed by atoms with Crippen LogP contribution in [0.15, 0.2) is 23.0 Å². The van der Waals surface area contributed by atoms with Crippen molar-refractivity contribution in [3.8, 4) is 0 Å². The topological polar surface area (TPSA) is 68.6 Å². The van der Waals surface area contributed by atoms with E-state index in [4.69, 9.17) is 14.5 Å². The minimum absolute atomic E-state index is 0.0383. The van der Waals surface area contributed by atoms with Crippen molar-refractivity contribution in [2.45, 2.75) is 25.8 Å². The van der Waals surface area contributed by atoms with Crippen LogP contribution in [0.3, 0.4) is 0 Å². The van der Waals surface area contributed by atoms with Gasteiger partial charge in [-0.1, -0.05) is 6.07 Å². The highest BCUT2D eigenvalue weighted by molar-refractivity contribution is 14.1. The van der Waals surface area contributed by atoms with Crippen molar-refractivity contribution in [3.63, 3.8) is 0 Å². The summed E-state index contributed by atoms with van der Waals surface area (Å²) in [6, 6.07) is 5.68. The zero-order valence-corrected chi connectivity index (χ0v) is 19.6. The van der Waals surface area contributed by atoms with Gasteiger partial charge in [0.25, 0.3) is 5.56 Å². The molecule has 0 atom stereocenters. The van der Waals surface area contributed by atoms with Crippen LogP contribution in [0.1, 0.15) is 20.3 Å². The highest BCUT2D eigenvalue weighted by atomic mass is 127. The van der Waals surface area contributed by atoms with Crippen LogP contribution in [-0.2, 0) is 16.5 Å². The number of methoxy groups -OCH3 is 2. The predicted octanol–water partition coefficient (Wildman–Crippen LogP) is 2.71. The van der Waals surface area contributed by atoms with E-state index in [2.05, 4.69) is 46.7 Å². The third-order valence-electron chi connectivity index (χ3n) is 4.78. The molecule has 1 aromatic heterocycles. The van der Waals surface area contributed by atoms with Gasteiger partial charge < -0.3 is 14.8 Å². The maximum Gasteiger partial charge on any atom is 0.262 e. The van der Waals surface area contributed by atoms with Gasteiger partial charge >= 0.3 is 0 Å². The maximum absolute atomic E-state index is 12.7. The molecule has 0 amide bonds. The molecule has 8 heteroatoms. The first kappa shape index (κ1) is 23.1. The Bertz CT molecular complexity index is 830. The molecule has 0 saturated carbocycles. The fraction of sp³-hybridized carbons (Fsp3) is 0.600. The standard InChI is InChI=1S/C20H31IN4O3/c1-20(2,9-10-25(11-13-27-4)12-14-28-5)23-19-22-17-15(18(26)24(19)3)7-6-8-16(17)21/h6-8H,9-14H2,1-5H3,(H,22,23). The van der Waals surface area contributed by atoms with Crippen LogP contribution in [-0.4, -0.2) is 67.1 Å². The summed E-state index contributed by atoms with van der Waals surface area (Å²) < 4.78 is 13.0. The molecular formula is C20H31IN4O3. The Kier molecular flexibility index (Phi) is 8.66. The highest BCUT2D eigenvalue weighted by Crippen LogP contribution is 2.21. The van der Waals surface area contributed by atoms with Crippen molar-refractivity contribution >= 4 is 39.4 Å². The number of benzene rings is 1. The number of hydrogen-bond acceptors (Lipinski definition) is 6. The lowest BCUT2D eigenvalue weighted by Gasteiger charge is -2.31. The van der Waals surface area contributed by atoms with Crippen LogP contribution in [0.4, 0.5) is 5.95 Å². The van der Waals surface area contributed by atoms with E-state index in [-0.39, 0.29) is 11.1 Å². The summed E-state index contributed by atoms with van der Waals surface area (Å²) in [7, 11) is 5.19. The van der Waals surface area contributed by atoms with Gasteiger partial charge in [0.15, 0.2) is 0 Å². The van der Waals surface area contributed by atoms with Crippen LogP contribution in [0, 0.1) is 3.57 Å². The molecule has 2 rings (SSSR count). The average Bonchev–Trinajstić information content (AvgIpc) is 2.66. The molecule has 1 N–H and O–H groups in total. The Morgan fingerprint density at radius 2 is 1.82 bits per heavy atom. The minimum atomic E-state index is -0.233. The SMILES string of the molecule is COCCN(CCOC)CCC(C)(C)Nc1nc2c(I)cccc2c(=O)n1C. The molecule has 0 fully saturated rings. The Hall–Kier alpha value is -1.23. The molecule has 1 aromatic carbocycles. The zero-order valence-electron chi connectivity index (χ0n) is 17.4. The van der Waals surface area contributed by atoms with Crippen molar-refractivity contribution in [1.29, 1.82) is 0 Å². The number of anilines is 1.